The molecule has 1 fully saturated rings. The Labute approximate surface area is 220 Å². The van der Waals surface area contributed by atoms with E-state index in [1.165, 1.54) is 52.1 Å². The number of aromatic nitrogens is 1. The van der Waals surface area contributed by atoms with Gasteiger partial charge in [0.2, 0.25) is 0 Å². The van der Waals surface area contributed by atoms with Gasteiger partial charge in [-0.1, -0.05) is 72.0 Å². The number of hydrogen-bond acceptors (Lipinski definition) is 4. The molecule has 1 aliphatic carbocycles. The summed E-state index contributed by atoms with van der Waals surface area (Å²) in [6.45, 7) is 4.40. The van der Waals surface area contributed by atoms with E-state index in [2.05, 4.69) is 84.6 Å². The minimum absolute atomic E-state index is 0.0473. The van der Waals surface area contributed by atoms with Gasteiger partial charge in [-0.2, -0.15) is 0 Å². The van der Waals surface area contributed by atoms with Gasteiger partial charge in [0.25, 0.3) is 5.56 Å². The van der Waals surface area contributed by atoms with Crippen molar-refractivity contribution in [2.45, 2.75) is 38.6 Å². The maximum Gasteiger partial charge on any atom is 0.271 e. The lowest BCUT2D eigenvalue weighted by Crippen LogP contribution is -2.38. The highest BCUT2D eigenvalue weighted by molar-refractivity contribution is 7.07. The van der Waals surface area contributed by atoms with Crippen molar-refractivity contribution in [2.24, 2.45) is 4.99 Å². The summed E-state index contributed by atoms with van der Waals surface area (Å²) >= 11 is 1.51. The highest BCUT2D eigenvalue weighted by Crippen LogP contribution is 2.41. The monoisotopic (exact) mass is 503 g/mol. The normalized spacial score (nSPS) is 18.9. The zero-order chi connectivity index (χ0) is 24.9. The van der Waals surface area contributed by atoms with Crippen molar-refractivity contribution < 1.29 is 0 Å². The number of benzene rings is 3. The number of aryl methyl sites for hydroxylation is 2. The van der Waals surface area contributed by atoms with Crippen LogP contribution in [0.15, 0.2) is 88.2 Å². The highest BCUT2D eigenvalue weighted by atomic mass is 32.1. The molecule has 184 valence electrons. The molecule has 0 radical (unpaired) electrons. The predicted octanol–water partition coefficient (Wildman–Crippen LogP) is 5.23. The molecule has 7 rings (SSSR count). The van der Waals surface area contributed by atoms with E-state index in [0.29, 0.717) is 0 Å². The molecule has 1 saturated heterocycles. The third-order valence-corrected chi connectivity index (χ3v) is 8.98. The van der Waals surface area contributed by atoms with Crippen LogP contribution in [-0.4, -0.2) is 17.7 Å². The lowest BCUT2D eigenvalue weighted by atomic mass is 9.83. The van der Waals surface area contributed by atoms with Crippen LogP contribution < -0.4 is 19.8 Å². The van der Waals surface area contributed by atoms with E-state index in [1.54, 1.807) is 0 Å². The second-order valence-corrected chi connectivity index (χ2v) is 11.3. The van der Waals surface area contributed by atoms with E-state index in [4.69, 9.17) is 4.99 Å². The van der Waals surface area contributed by atoms with E-state index < -0.39 is 0 Å². The Hall–Kier alpha value is -3.70. The Kier molecular flexibility index (Phi) is 5.47. The summed E-state index contributed by atoms with van der Waals surface area (Å²) < 4.78 is 2.68. The van der Waals surface area contributed by atoms with E-state index in [9.17, 15) is 4.79 Å². The summed E-state index contributed by atoms with van der Waals surface area (Å²) in [6, 6.07) is 25.5. The van der Waals surface area contributed by atoms with Gasteiger partial charge >= 0.3 is 0 Å². The summed E-state index contributed by atoms with van der Waals surface area (Å²) in [7, 11) is 0. The molecule has 1 aromatic heterocycles. The topological polar surface area (TPSA) is 37.6 Å². The Morgan fingerprint density at radius 3 is 2.54 bits per heavy atom. The molecule has 0 unspecified atom stereocenters. The standard InChI is InChI=1S/C32H29N3OS/c1-21-19-25(34-17-7-8-18-34)15-13-24(21)20-28-31(36)35-30(23-10-3-2-4-11-23)27-16-14-22-9-5-6-12-26(22)29(27)33-32(35)37-28/h2-6,9-13,15,19-20,30H,7-8,14,16-18H2,1H3/b28-20-/t30-/m0/s1. The fraction of sp³-hybridized carbons (Fsp3) is 0.250. The zero-order valence-corrected chi connectivity index (χ0v) is 21.8. The SMILES string of the molecule is Cc1cc(N2CCCC2)ccc1/C=c1\sc2n(c1=O)[C@@H](c1ccccc1)C1=C(N=2)c2ccccc2CC1. The molecule has 1 atom stereocenters. The average Bonchev–Trinajstić information content (AvgIpc) is 3.58. The van der Waals surface area contributed by atoms with Crippen LogP contribution in [0.1, 0.15) is 53.1 Å². The predicted molar refractivity (Wildman–Crippen MR) is 152 cm³/mol. The van der Waals surface area contributed by atoms with Gasteiger partial charge < -0.3 is 4.90 Å². The van der Waals surface area contributed by atoms with E-state index in [-0.39, 0.29) is 11.6 Å². The number of nitrogens with zero attached hydrogens (tertiary/aromatic N) is 3. The number of rotatable bonds is 3. The first-order valence-electron chi connectivity index (χ1n) is 13.2. The number of anilines is 1. The van der Waals surface area contributed by atoms with Gasteiger partial charge in [0, 0.05) is 24.3 Å². The van der Waals surface area contributed by atoms with Crippen molar-refractivity contribution in [1.82, 2.24) is 4.57 Å². The molecule has 0 bridgehead atoms. The van der Waals surface area contributed by atoms with E-state index in [0.717, 1.165) is 52.1 Å². The molecule has 37 heavy (non-hydrogen) atoms. The Morgan fingerprint density at radius 1 is 0.946 bits per heavy atom. The number of fused-ring (bicyclic) bond motifs is 3. The largest absolute Gasteiger partial charge is 0.372 e. The van der Waals surface area contributed by atoms with Crippen molar-refractivity contribution >= 4 is 28.8 Å². The van der Waals surface area contributed by atoms with Gasteiger partial charge in [0.1, 0.15) is 0 Å². The Bertz CT molecular complexity index is 1720. The number of thiazole rings is 1. The lowest BCUT2D eigenvalue weighted by molar-refractivity contribution is 0.585. The molecular formula is C32H29N3OS. The van der Waals surface area contributed by atoms with Gasteiger partial charge in [-0.3, -0.25) is 9.36 Å². The van der Waals surface area contributed by atoms with Crippen molar-refractivity contribution in [2.75, 3.05) is 18.0 Å². The van der Waals surface area contributed by atoms with Crippen LogP contribution in [0.2, 0.25) is 0 Å². The first kappa shape index (κ1) is 22.5. The summed E-state index contributed by atoms with van der Waals surface area (Å²) in [5, 5.41) is 0. The van der Waals surface area contributed by atoms with Crippen molar-refractivity contribution in [3.8, 4) is 0 Å². The minimum Gasteiger partial charge on any atom is -0.372 e. The first-order valence-corrected chi connectivity index (χ1v) is 14.0. The molecular weight excluding hydrogens is 474 g/mol. The molecule has 3 heterocycles. The van der Waals surface area contributed by atoms with Crippen molar-refractivity contribution in [3.05, 3.63) is 126 Å². The van der Waals surface area contributed by atoms with Gasteiger partial charge in [-0.25, -0.2) is 4.99 Å². The summed E-state index contributed by atoms with van der Waals surface area (Å²) in [4.78, 5) is 22.3. The van der Waals surface area contributed by atoms with E-state index >= 15 is 0 Å². The van der Waals surface area contributed by atoms with Crippen molar-refractivity contribution in [1.29, 1.82) is 0 Å². The van der Waals surface area contributed by atoms with Crippen LogP contribution in [0, 0.1) is 6.92 Å². The maximum absolute atomic E-state index is 14.0. The molecule has 0 N–H and O–H groups in total. The molecule has 0 spiro atoms. The average molecular weight is 504 g/mol. The fourth-order valence-corrected chi connectivity index (χ4v) is 7.08. The summed E-state index contributed by atoms with van der Waals surface area (Å²) in [5.74, 6) is 0. The molecule has 0 amide bonds. The third-order valence-electron chi connectivity index (χ3n) is 8.00. The van der Waals surface area contributed by atoms with Gasteiger partial charge in [0.15, 0.2) is 4.80 Å². The minimum atomic E-state index is -0.124. The smallest absolute Gasteiger partial charge is 0.271 e. The molecule has 0 saturated carbocycles. The molecule has 3 aliphatic rings. The molecule has 4 nitrogen and oxygen atoms in total. The summed E-state index contributed by atoms with van der Waals surface area (Å²) in [5.41, 5.74) is 9.60. The first-order chi connectivity index (χ1) is 18.2. The molecule has 4 aromatic rings. The number of allylic oxidation sites excluding steroid dienone is 1. The van der Waals surface area contributed by atoms with Crippen LogP contribution in [0.25, 0.3) is 11.8 Å². The van der Waals surface area contributed by atoms with Crippen LogP contribution in [-0.2, 0) is 6.42 Å². The number of hydrogen-bond donors (Lipinski definition) is 0. The Balaban J connectivity index is 1.40. The van der Waals surface area contributed by atoms with E-state index in [1.807, 2.05) is 10.6 Å². The zero-order valence-electron chi connectivity index (χ0n) is 21.0. The summed E-state index contributed by atoms with van der Waals surface area (Å²) in [6.07, 6.45) is 6.47. The second kappa shape index (κ2) is 9.00. The van der Waals surface area contributed by atoms with Gasteiger partial charge in [0.05, 0.1) is 16.3 Å². The fourth-order valence-electron chi connectivity index (χ4n) is 6.09. The third kappa shape index (κ3) is 3.80. The highest BCUT2D eigenvalue weighted by Gasteiger charge is 2.32. The second-order valence-electron chi connectivity index (χ2n) is 10.3. The Morgan fingerprint density at radius 2 is 1.73 bits per heavy atom. The maximum atomic E-state index is 14.0. The lowest BCUT2D eigenvalue weighted by Gasteiger charge is -2.30. The van der Waals surface area contributed by atoms with Crippen LogP contribution in [0.3, 0.4) is 0 Å². The van der Waals surface area contributed by atoms with Crippen LogP contribution >= 0.6 is 11.3 Å². The van der Waals surface area contributed by atoms with Gasteiger partial charge in [-0.05, 0) is 78.6 Å². The van der Waals surface area contributed by atoms with Crippen LogP contribution in [0.5, 0.6) is 0 Å². The molecule has 3 aromatic carbocycles. The molecule has 5 heteroatoms. The van der Waals surface area contributed by atoms with Crippen LogP contribution in [0.4, 0.5) is 5.69 Å². The quantitative estimate of drug-likeness (QED) is 0.384. The van der Waals surface area contributed by atoms with Gasteiger partial charge in [-0.15, -0.1) is 0 Å². The van der Waals surface area contributed by atoms with Crippen molar-refractivity contribution in [3.63, 3.8) is 0 Å². The molecule has 2 aliphatic heterocycles.